The normalized spacial score (nSPS) is 10.6. The smallest absolute Gasteiger partial charge is 0.316 e. The van der Waals surface area contributed by atoms with Gasteiger partial charge in [0, 0.05) is 12.7 Å². The van der Waals surface area contributed by atoms with Crippen molar-refractivity contribution in [3.05, 3.63) is 18.0 Å². The van der Waals surface area contributed by atoms with Crippen LogP contribution in [0.3, 0.4) is 0 Å². The Morgan fingerprint density at radius 3 is 2.93 bits per heavy atom. The van der Waals surface area contributed by atoms with Crippen LogP contribution in [0.15, 0.2) is 12.3 Å². The molecule has 0 amide bonds. The summed E-state index contributed by atoms with van der Waals surface area (Å²) in [5.74, 6) is 0. The van der Waals surface area contributed by atoms with Crippen molar-refractivity contribution in [3.8, 4) is 6.01 Å². The van der Waals surface area contributed by atoms with Crippen LogP contribution >= 0.6 is 0 Å². The third kappa shape index (κ3) is 3.68. The van der Waals surface area contributed by atoms with Crippen LogP contribution in [-0.2, 0) is 6.61 Å². The van der Waals surface area contributed by atoms with Crippen LogP contribution in [0.2, 0.25) is 0 Å². The topological polar surface area (TPSA) is 58.5 Å². The lowest BCUT2D eigenvalue weighted by Gasteiger charge is -2.09. The van der Waals surface area contributed by atoms with Gasteiger partial charge in [-0.25, -0.2) is 4.98 Å². The van der Waals surface area contributed by atoms with E-state index < -0.39 is 0 Å². The Morgan fingerprint density at radius 2 is 2.29 bits per heavy atom. The number of hydrogen-bond donors (Lipinski definition) is 1. The minimum atomic E-state index is -0.0907. The van der Waals surface area contributed by atoms with E-state index in [0.29, 0.717) is 18.3 Å². The molecule has 1 rings (SSSR count). The Morgan fingerprint density at radius 1 is 1.50 bits per heavy atom. The van der Waals surface area contributed by atoms with E-state index in [2.05, 4.69) is 9.97 Å². The molecule has 0 saturated heterocycles. The van der Waals surface area contributed by atoms with E-state index in [1.165, 1.54) is 0 Å². The fourth-order valence-electron chi connectivity index (χ4n) is 0.853. The highest BCUT2D eigenvalue weighted by atomic mass is 16.5. The molecule has 5 heteroatoms. The second-order valence-corrected chi connectivity index (χ2v) is 3.14. The first kappa shape index (κ1) is 10.9. The molecule has 1 aromatic rings. The summed E-state index contributed by atoms with van der Waals surface area (Å²) in [4.78, 5) is 9.92. The van der Waals surface area contributed by atoms with E-state index in [0.717, 1.165) is 6.54 Å². The van der Waals surface area contributed by atoms with E-state index in [-0.39, 0.29) is 6.61 Å². The standard InChI is InChI=1S/C9H15N3O2/c1-12(2)5-6-14-9-10-4-3-8(7-13)11-9/h3-4,13H,5-7H2,1-2H3. The fourth-order valence-corrected chi connectivity index (χ4v) is 0.853. The number of nitrogens with zero attached hydrogens (tertiary/aromatic N) is 3. The van der Waals surface area contributed by atoms with Gasteiger partial charge < -0.3 is 14.7 Å². The largest absolute Gasteiger partial charge is 0.462 e. The number of hydrogen-bond acceptors (Lipinski definition) is 5. The summed E-state index contributed by atoms with van der Waals surface area (Å²) in [6, 6.07) is 1.97. The molecule has 14 heavy (non-hydrogen) atoms. The van der Waals surface area contributed by atoms with Crippen LogP contribution in [0.5, 0.6) is 6.01 Å². The first-order valence-electron chi connectivity index (χ1n) is 4.42. The highest BCUT2D eigenvalue weighted by molar-refractivity contribution is 5.04. The summed E-state index contributed by atoms with van der Waals surface area (Å²) in [7, 11) is 3.93. The van der Waals surface area contributed by atoms with Gasteiger partial charge >= 0.3 is 6.01 Å². The summed E-state index contributed by atoms with van der Waals surface area (Å²) < 4.78 is 5.28. The molecular formula is C9H15N3O2. The van der Waals surface area contributed by atoms with Crippen molar-refractivity contribution >= 4 is 0 Å². The summed E-state index contributed by atoms with van der Waals surface area (Å²) in [5, 5.41) is 8.82. The molecule has 0 aromatic carbocycles. The van der Waals surface area contributed by atoms with Gasteiger partial charge in [0.2, 0.25) is 0 Å². The van der Waals surface area contributed by atoms with Crippen LogP contribution in [-0.4, -0.2) is 47.2 Å². The van der Waals surface area contributed by atoms with Gasteiger partial charge in [-0.2, -0.15) is 4.98 Å². The maximum atomic E-state index is 8.82. The quantitative estimate of drug-likeness (QED) is 0.715. The van der Waals surface area contributed by atoms with Crippen molar-refractivity contribution < 1.29 is 9.84 Å². The van der Waals surface area contributed by atoms with Crippen molar-refractivity contribution in [1.29, 1.82) is 0 Å². The molecule has 1 heterocycles. The van der Waals surface area contributed by atoms with E-state index in [9.17, 15) is 0 Å². The zero-order valence-electron chi connectivity index (χ0n) is 8.47. The van der Waals surface area contributed by atoms with Gasteiger partial charge in [-0.05, 0) is 20.2 Å². The molecule has 1 aromatic heterocycles. The van der Waals surface area contributed by atoms with Crippen LogP contribution in [0.4, 0.5) is 0 Å². The van der Waals surface area contributed by atoms with Gasteiger partial charge in [-0.1, -0.05) is 0 Å². The molecule has 0 unspecified atom stereocenters. The van der Waals surface area contributed by atoms with Gasteiger partial charge in [-0.15, -0.1) is 0 Å². The Kier molecular flexibility index (Phi) is 4.28. The molecule has 78 valence electrons. The minimum absolute atomic E-state index is 0.0907. The Balaban J connectivity index is 2.42. The monoisotopic (exact) mass is 197 g/mol. The second kappa shape index (κ2) is 5.51. The number of aromatic nitrogens is 2. The lowest BCUT2D eigenvalue weighted by Crippen LogP contribution is -2.20. The van der Waals surface area contributed by atoms with E-state index in [1.807, 2.05) is 19.0 Å². The maximum Gasteiger partial charge on any atom is 0.316 e. The first-order chi connectivity index (χ1) is 6.72. The molecular weight excluding hydrogens is 182 g/mol. The third-order valence-electron chi connectivity index (χ3n) is 1.62. The summed E-state index contributed by atoms with van der Waals surface area (Å²) in [6.45, 7) is 1.27. The summed E-state index contributed by atoms with van der Waals surface area (Å²) in [6.07, 6.45) is 1.57. The van der Waals surface area contributed by atoms with Gasteiger partial charge in [0.25, 0.3) is 0 Å². The summed E-state index contributed by atoms with van der Waals surface area (Å²) >= 11 is 0. The van der Waals surface area contributed by atoms with E-state index >= 15 is 0 Å². The van der Waals surface area contributed by atoms with Crippen LogP contribution in [0, 0.1) is 0 Å². The van der Waals surface area contributed by atoms with Crippen molar-refractivity contribution in [2.24, 2.45) is 0 Å². The highest BCUT2D eigenvalue weighted by Gasteiger charge is 1.99. The number of aliphatic hydroxyl groups excluding tert-OH is 1. The highest BCUT2D eigenvalue weighted by Crippen LogP contribution is 2.02. The van der Waals surface area contributed by atoms with Gasteiger partial charge in [0.1, 0.15) is 6.61 Å². The van der Waals surface area contributed by atoms with Gasteiger partial charge in [0.15, 0.2) is 0 Å². The lowest BCUT2D eigenvalue weighted by molar-refractivity contribution is 0.239. The Labute approximate surface area is 83.4 Å². The molecule has 0 radical (unpaired) electrons. The van der Waals surface area contributed by atoms with Crippen LogP contribution in [0.1, 0.15) is 5.69 Å². The molecule has 0 saturated carbocycles. The predicted octanol–water partition coefficient (Wildman–Crippen LogP) is -0.0907. The second-order valence-electron chi connectivity index (χ2n) is 3.14. The van der Waals surface area contributed by atoms with Crippen molar-refractivity contribution in [2.75, 3.05) is 27.2 Å². The fraction of sp³-hybridized carbons (Fsp3) is 0.556. The molecule has 0 aliphatic heterocycles. The third-order valence-corrected chi connectivity index (χ3v) is 1.62. The molecule has 0 spiro atoms. The van der Waals surface area contributed by atoms with Crippen LogP contribution in [0.25, 0.3) is 0 Å². The minimum Gasteiger partial charge on any atom is -0.462 e. The number of likely N-dealkylation sites (N-methyl/N-ethyl adjacent to an activating group) is 1. The molecule has 0 aliphatic carbocycles. The van der Waals surface area contributed by atoms with Gasteiger partial charge in [0.05, 0.1) is 12.3 Å². The number of ether oxygens (including phenoxy) is 1. The van der Waals surface area contributed by atoms with Crippen molar-refractivity contribution in [2.45, 2.75) is 6.61 Å². The zero-order chi connectivity index (χ0) is 10.4. The maximum absolute atomic E-state index is 8.82. The average molecular weight is 197 g/mol. The lowest BCUT2D eigenvalue weighted by atomic mass is 10.4. The Hall–Kier alpha value is -1.20. The summed E-state index contributed by atoms with van der Waals surface area (Å²) in [5.41, 5.74) is 0.569. The molecule has 0 atom stereocenters. The molecule has 1 N–H and O–H groups in total. The van der Waals surface area contributed by atoms with Crippen LogP contribution < -0.4 is 4.74 Å². The zero-order valence-corrected chi connectivity index (χ0v) is 8.47. The molecule has 0 aliphatic rings. The molecule has 0 fully saturated rings. The molecule has 0 bridgehead atoms. The first-order valence-corrected chi connectivity index (χ1v) is 4.42. The number of aliphatic hydroxyl groups is 1. The SMILES string of the molecule is CN(C)CCOc1nccc(CO)n1. The van der Waals surface area contributed by atoms with E-state index in [1.54, 1.807) is 12.3 Å². The van der Waals surface area contributed by atoms with E-state index in [4.69, 9.17) is 9.84 Å². The molecule has 5 nitrogen and oxygen atoms in total. The van der Waals surface area contributed by atoms with Gasteiger partial charge in [-0.3, -0.25) is 0 Å². The predicted molar refractivity (Wildman–Crippen MR) is 52.0 cm³/mol. The van der Waals surface area contributed by atoms with Crippen molar-refractivity contribution in [3.63, 3.8) is 0 Å². The number of rotatable bonds is 5. The average Bonchev–Trinajstić information content (AvgIpc) is 2.18. The van der Waals surface area contributed by atoms with Crippen molar-refractivity contribution in [1.82, 2.24) is 14.9 Å². The Bertz CT molecular complexity index is 279.